The lowest BCUT2D eigenvalue weighted by atomic mass is 9.71. The van der Waals surface area contributed by atoms with E-state index in [1.54, 1.807) is 0 Å². The van der Waals surface area contributed by atoms with Gasteiger partial charge in [-0.3, -0.25) is 9.59 Å². The fourth-order valence-electron chi connectivity index (χ4n) is 2.15. The first-order valence-corrected chi connectivity index (χ1v) is 6.55. The Kier molecular flexibility index (Phi) is 4.98. The fraction of sp³-hybridized carbons (Fsp3) is 0.400. The molecule has 0 amide bonds. The quantitative estimate of drug-likeness (QED) is 0.617. The number of carboxylic acid groups (broad SMARTS) is 1. The largest absolute Gasteiger partial charge is 0.478 e. The molecule has 0 saturated carbocycles. The fourth-order valence-corrected chi connectivity index (χ4v) is 2.15. The van der Waals surface area contributed by atoms with Crippen LogP contribution in [-0.4, -0.2) is 44.1 Å². The van der Waals surface area contributed by atoms with Crippen LogP contribution in [0.4, 0.5) is 0 Å². The summed E-state index contributed by atoms with van der Waals surface area (Å²) in [5.41, 5.74) is -4.52. The number of carboxylic acids is 1. The number of allylic oxidation sites excluding steroid dienone is 3. The van der Waals surface area contributed by atoms with E-state index in [0.717, 1.165) is 18.2 Å². The van der Waals surface area contributed by atoms with Gasteiger partial charge in [-0.25, -0.2) is 4.79 Å². The number of ketones is 2. The van der Waals surface area contributed by atoms with Crippen molar-refractivity contribution in [1.82, 2.24) is 0 Å². The molecule has 0 radical (unpaired) electrons. The Morgan fingerprint density at radius 1 is 1.10 bits per heavy atom. The lowest BCUT2D eigenvalue weighted by Crippen LogP contribution is -2.62. The lowest BCUT2D eigenvalue weighted by molar-refractivity contribution is -0.164. The minimum atomic E-state index is -2.40. The number of hydrogen-bond donors (Lipinski definition) is 3. The summed E-state index contributed by atoms with van der Waals surface area (Å²) in [7, 11) is 0. The Morgan fingerprint density at radius 2 is 1.62 bits per heavy atom. The van der Waals surface area contributed by atoms with Crippen molar-refractivity contribution in [2.45, 2.75) is 37.9 Å². The normalized spacial score (nSPS) is 28.5. The van der Waals surface area contributed by atoms with Crippen LogP contribution in [0.15, 0.2) is 36.0 Å². The average Bonchev–Trinajstić information content (AvgIpc) is 2.46. The van der Waals surface area contributed by atoms with E-state index in [2.05, 4.69) is 0 Å². The van der Waals surface area contributed by atoms with Gasteiger partial charge in [0.05, 0.1) is 0 Å². The predicted molar refractivity (Wildman–Crippen MR) is 74.5 cm³/mol. The highest BCUT2D eigenvalue weighted by Crippen LogP contribution is 2.35. The van der Waals surface area contributed by atoms with Crippen molar-refractivity contribution in [2.75, 3.05) is 0 Å². The van der Waals surface area contributed by atoms with Crippen LogP contribution in [0.1, 0.15) is 26.7 Å². The Balaban J connectivity index is 3.37. The van der Waals surface area contributed by atoms with Gasteiger partial charge in [-0.05, 0) is 23.8 Å². The molecule has 0 aromatic rings. The van der Waals surface area contributed by atoms with Gasteiger partial charge < -0.3 is 15.3 Å². The van der Waals surface area contributed by atoms with E-state index in [9.17, 15) is 24.6 Å². The summed E-state index contributed by atoms with van der Waals surface area (Å²) in [6.45, 7) is 3.00. The van der Waals surface area contributed by atoms with Crippen LogP contribution in [0, 0.1) is 0 Å². The van der Waals surface area contributed by atoms with Crippen molar-refractivity contribution >= 4 is 17.5 Å². The van der Waals surface area contributed by atoms with E-state index in [1.165, 1.54) is 26.0 Å². The zero-order valence-corrected chi connectivity index (χ0v) is 11.9. The third-order valence-corrected chi connectivity index (χ3v) is 3.38. The van der Waals surface area contributed by atoms with Gasteiger partial charge in [-0.2, -0.15) is 0 Å². The molecule has 0 fully saturated rings. The second-order valence-electron chi connectivity index (χ2n) is 4.74. The minimum Gasteiger partial charge on any atom is -0.478 e. The molecule has 2 atom stereocenters. The molecule has 2 unspecified atom stereocenters. The highest BCUT2D eigenvalue weighted by molar-refractivity contribution is 6.02. The molecule has 1 aliphatic carbocycles. The van der Waals surface area contributed by atoms with Crippen LogP contribution < -0.4 is 0 Å². The summed E-state index contributed by atoms with van der Waals surface area (Å²) in [5, 5.41) is 29.6. The van der Waals surface area contributed by atoms with Gasteiger partial charge in [-0.15, -0.1) is 0 Å². The second kappa shape index (κ2) is 6.15. The first-order chi connectivity index (χ1) is 9.71. The SMILES string of the molecule is CCC(=O)C1(O)C=CC(/C=C/C(=O)O)=CC1(O)C(=O)CC. The number of aliphatic carboxylic acids is 1. The molecule has 6 nitrogen and oxygen atoms in total. The third-order valence-electron chi connectivity index (χ3n) is 3.38. The van der Waals surface area contributed by atoms with E-state index in [0.29, 0.717) is 0 Å². The summed E-state index contributed by atoms with van der Waals surface area (Å²) >= 11 is 0. The standard InChI is InChI=1S/C15H18O6/c1-3-11(16)14(20)8-7-10(5-6-13(18)19)9-15(14,21)12(17)4-2/h5-9,20-21H,3-4H2,1-2H3,(H,18,19)/b6-5+. The maximum Gasteiger partial charge on any atom is 0.328 e. The number of Topliss-reactive ketones (excluding diaryl/α,β-unsaturated/α-hetero) is 2. The summed E-state index contributed by atoms with van der Waals surface area (Å²) < 4.78 is 0. The lowest BCUT2D eigenvalue weighted by Gasteiger charge is -2.39. The number of carbonyl (C=O) groups excluding carboxylic acids is 2. The summed E-state index contributed by atoms with van der Waals surface area (Å²) in [4.78, 5) is 34.5. The molecule has 0 spiro atoms. The van der Waals surface area contributed by atoms with E-state index in [-0.39, 0.29) is 18.4 Å². The van der Waals surface area contributed by atoms with E-state index in [1.807, 2.05) is 0 Å². The smallest absolute Gasteiger partial charge is 0.328 e. The van der Waals surface area contributed by atoms with Gasteiger partial charge in [0, 0.05) is 18.9 Å². The summed E-state index contributed by atoms with van der Waals surface area (Å²) in [6.07, 6.45) is 5.20. The molecule has 0 heterocycles. The molecule has 0 bridgehead atoms. The molecule has 0 aliphatic heterocycles. The molecule has 21 heavy (non-hydrogen) atoms. The average molecular weight is 294 g/mol. The first kappa shape index (κ1) is 17.0. The van der Waals surface area contributed by atoms with Crippen molar-refractivity contribution in [2.24, 2.45) is 0 Å². The molecule has 0 aromatic carbocycles. The zero-order chi connectivity index (χ0) is 16.3. The monoisotopic (exact) mass is 294 g/mol. The van der Waals surface area contributed by atoms with Gasteiger partial charge in [-0.1, -0.05) is 19.9 Å². The number of hydrogen-bond acceptors (Lipinski definition) is 5. The van der Waals surface area contributed by atoms with Crippen LogP contribution in [0.2, 0.25) is 0 Å². The van der Waals surface area contributed by atoms with Crippen molar-refractivity contribution < 1.29 is 29.7 Å². The molecule has 0 saturated heterocycles. The molecule has 6 heteroatoms. The van der Waals surface area contributed by atoms with Gasteiger partial charge >= 0.3 is 5.97 Å². The van der Waals surface area contributed by atoms with Crippen molar-refractivity contribution in [1.29, 1.82) is 0 Å². The van der Waals surface area contributed by atoms with Crippen LogP contribution in [-0.2, 0) is 14.4 Å². The molecule has 3 N–H and O–H groups in total. The van der Waals surface area contributed by atoms with E-state index < -0.39 is 28.7 Å². The number of carbonyl (C=O) groups is 3. The van der Waals surface area contributed by atoms with Crippen LogP contribution in [0.3, 0.4) is 0 Å². The van der Waals surface area contributed by atoms with Crippen LogP contribution in [0.25, 0.3) is 0 Å². The van der Waals surface area contributed by atoms with E-state index in [4.69, 9.17) is 5.11 Å². The van der Waals surface area contributed by atoms with Crippen molar-refractivity contribution in [3.63, 3.8) is 0 Å². The van der Waals surface area contributed by atoms with Gasteiger partial charge in [0.2, 0.25) is 0 Å². The van der Waals surface area contributed by atoms with Crippen LogP contribution >= 0.6 is 0 Å². The van der Waals surface area contributed by atoms with E-state index >= 15 is 0 Å². The van der Waals surface area contributed by atoms with Crippen LogP contribution in [0.5, 0.6) is 0 Å². The number of rotatable bonds is 6. The zero-order valence-electron chi connectivity index (χ0n) is 11.9. The highest BCUT2D eigenvalue weighted by Gasteiger charge is 2.56. The molecular weight excluding hydrogens is 276 g/mol. The maximum absolute atomic E-state index is 12.0. The summed E-state index contributed by atoms with van der Waals surface area (Å²) in [6, 6.07) is 0. The van der Waals surface area contributed by atoms with Crippen molar-refractivity contribution in [3.05, 3.63) is 36.0 Å². The number of aliphatic hydroxyl groups is 2. The molecule has 1 aliphatic rings. The maximum atomic E-state index is 12.0. The Hall–Kier alpha value is -2.05. The topological polar surface area (TPSA) is 112 Å². The van der Waals surface area contributed by atoms with Gasteiger partial charge in [0.1, 0.15) is 0 Å². The predicted octanol–water partition coefficient (Wildman–Crippen LogP) is 0.544. The highest BCUT2D eigenvalue weighted by atomic mass is 16.4. The third kappa shape index (κ3) is 3.01. The molecule has 1 rings (SSSR count). The van der Waals surface area contributed by atoms with Gasteiger partial charge in [0.25, 0.3) is 0 Å². The van der Waals surface area contributed by atoms with Crippen molar-refractivity contribution in [3.8, 4) is 0 Å². The second-order valence-corrected chi connectivity index (χ2v) is 4.74. The minimum absolute atomic E-state index is 0.0612. The van der Waals surface area contributed by atoms with Gasteiger partial charge in [0.15, 0.2) is 22.8 Å². The first-order valence-electron chi connectivity index (χ1n) is 6.55. The molecule has 114 valence electrons. The Bertz CT molecular complexity index is 557. The molecular formula is C15H18O6. The Labute approximate surface area is 122 Å². The summed E-state index contributed by atoms with van der Waals surface area (Å²) in [5.74, 6) is -2.61. The Morgan fingerprint density at radius 3 is 2.10 bits per heavy atom. The molecule has 0 aromatic heterocycles.